The second-order valence-corrected chi connectivity index (χ2v) is 7.52. The molecule has 0 aliphatic carbocycles. The highest BCUT2D eigenvalue weighted by molar-refractivity contribution is 6.35. The molecule has 0 bridgehead atoms. The Balaban J connectivity index is 1.97. The van der Waals surface area contributed by atoms with Crippen molar-refractivity contribution >= 4 is 23.7 Å². The van der Waals surface area contributed by atoms with Gasteiger partial charge >= 0.3 is 0 Å². The van der Waals surface area contributed by atoms with Gasteiger partial charge in [-0.15, -0.1) is 0 Å². The molecule has 1 aromatic carbocycles. The number of fused-ring (bicyclic) bond motifs is 1. The number of phenols is 1. The number of hydrogen-bond donors (Lipinski definition) is 1. The van der Waals surface area contributed by atoms with Gasteiger partial charge in [-0.2, -0.15) is 0 Å². The van der Waals surface area contributed by atoms with E-state index in [1.54, 1.807) is 12.1 Å². The summed E-state index contributed by atoms with van der Waals surface area (Å²) in [4.78, 5) is 37.3. The minimum atomic E-state index is -0.548. The van der Waals surface area contributed by atoms with E-state index in [0.717, 1.165) is 24.9 Å². The lowest BCUT2D eigenvalue weighted by Crippen LogP contribution is -2.48. The number of carbonyl (C=O) groups is 2. The SMILES string of the molecule is CCCN1CN(CCC)C(C(=O)C=O)=C2N=C(C(C)Cc3ccc(O)cc3)N=C21. The number of aliphatic imine (C=N–C) groups is 2. The summed E-state index contributed by atoms with van der Waals surface area (Å²) in [5.74, 6) is 1.07. The number of phenolic OH excluding ortho intramolecular Hbond substituents is 1. The molecule has 3 rings (SSSR count). The highest BCUT2D eigenvalue weighted by Crippen LogP contribution is 2.29. The highest BCUT2D eigenvalue weighted by Gasteiger charge is 2.36. The van der Waals surface area contributed by atoms with Gasteiger partial charge in [0.1, 0.15) is 23.0 Å². The number of ketones is 1. The quantitative estimate of drug-likeness (QED) is 0.512. The molecule has 1 atom stereocenters. The van der Waals surface area contributed by atoms with E-state index in [1.807, 2.05) is 30.9 Å². The number of Topliss-reactive ketones (excluding diaryl/α,β-unsaturated/α-hetero) is 1. The van der Waals surface area contributed by atoms with Crippen molar-refractivity contribution in [2.24, 2.45) is 15.9 Å². The summed E-state index contributed by atoms with van der Waals surface area (Å²) in [5.41, 5.74) is 1.95. The van der Waals surface area contributed by atoms with Crippen molar-refractivity contribution in [3.8, 4) is 5.75 Å². The van der Waals surface area contributed by atoms with Crippen LogP contribution in [0.15, 0.2) is 45.6 Å². The molecule has 0 saturated heterocycles. The fraction of sp³-hybridized carbons (Fsp3) is 0.455. The fourth-order valence-electron chi connectivity index (χ4n) is 3.75. The minimum absolute atomic E-state index is 0.0285. The molecule has 29 heavy (non-hydrogen) atoms. The number of nitrogens with zero attached hydrogens (tertiary/aromatic N) is 4. The molecule has 2 heterocycles. The first-order chi connectivity index (χ1) is 14.0. The highest BCUT2D eigenvalue weighted by atomic mass is 16.3. The molecule has 7 heteroatoms. The van der Waals surface area contributed by atoms with Crippen LogP contribution < -0.4 is 0 Å². The molecule has 154 valence electrons. The van der Waals surface area contributed by atoms with Crippen LogP contribution in [0, 0.1) is 5.92 Å². The Morgan fingerprint density at radius 3 is 2.41 bits per heavy atom. The van der Waals surface area contributed by atoms with Crippen LogP contribution in [0.5, 0.6) is 5.75 Å². The zero-order valence-electron chi connectivity index (χ0n) is 17.3. The largest absolute Gasteiger partial charge is 0.508 e. The van der Waals surface area contributed by atoms with E-state index in [0.29, 0.717) is 49.0 Å². The first-order valence-electron chi connectivity index (χ1n) is 10.2. The van der Waals surface area contributed by atoms with Crippen molar-refractivity contribution in [1.82, 2.24) is 9.80 Å². The van der Waals surface area contributed by atoms with Crippen LogP contribution in [0.2, 0.25) is 0 Å². The predicted molar refractivity (Wildman–Crippen MR) is 113 cm³/mol. The predicted octanol–water partition coefficient (Wildman–Crippen LogP) is 2.76. The van der Waals surface area contributed by atoms with Crippen molar-refractivity contribution in [2.75, 3.05) is 19.8 Å². The van der Waals surface area contributed by atoms with Gasteiger partial charge in [-0.05, 0) is 37.0 Å². The number of hydrogen-bond acceptors (Lipinski definition) is 7. The van der Waals surface area contributed by atoms with Crippen molar-refractivity contribution in [3.63, 3.8) is 0 Å². The van der Waals surface area contributed by atoms with Gasteiger partial charge in [0.05, 0.1) is 6.67 Å². The number of benzene rings is 1. The molecule has 1 aromatic rings. The monoisotopic (exact) mass is 396 g/mol. The standard InChI is InChI=1S/C22H28N4O3/c1-4-10-25-14-26(11-5-2)22-19(20(25)18(29)13-27)23-21(24-22)15(3)12-16-6-8-17(28)9-7-16/h6-9,13,15,28H,4-5,10-12,14H2,1-3H3. The maximum Gasteiger partial charge on any atom is 0.243 e. The summed E-state index contributed by atoms with van der Waals surface area (Å²) in [6.07, 6.45) is 2.89. The molecule has 0 spiro atoms. The fourth-order valence-corrected chi connectivity index (χ4v) is 3.75. The van der Waals surface area contributed by atoms with Gasteiger partial charge in [0.2, 0.25) is 5.78 Å². The maximum atomic E-state index is 12.4. The zero-order chi connectivity index (χ0) is 21.0. The van der Waals surface area contributed by atoms with Crippen LogP contribution in [-0.2, 0) is 16.0 Å². The lowest BCUT2D eigenvalue weighted by atomic mass is 10.0. The van der Waals surface area contributed by atoms with Crippen LogP contribution in [0.25, 0.3) is 0 Å². The third kappa shape index (κ3) is 4.39. The average molecular weight is 396 g/mol. The Labute approximate surface area is 171 Å². The van der Waals surface area contributed by atoms with Gasteiger partial charge in [0.25, 0.3) is 0 Å². The lowest BCUT2D eigenvalue weighted by Gasteiger charge is -2.38. The number of rotatable bonds is 9. The van der Waals surface area contributed by atoms with E-state index < -0.39 is 5.78 Å². The summed E-state index contributed by atoms with van der Waals surface area (Å²) in [7, 11) is 0. The molecule has 1 unspecified atom stereocenters. The Bertz CT molecular complexity index is 871. The normalized spacial score (nSPS) is 17.1. The second-order valence-electron chi connectivity index (χ2n) is 7.52. The van der Waals surface area contributed by atoms with E-state index in [9.17, 15) is 14.7 Å². The smallest absolute Gasteiger partial charge is 0.243 e. The van der Waals surface area contributed by atoms with E-state index in [-0.39, 0.29) is 11.7 Å². The molecule has 0 fully saturated rings. The third-order valence-electron chi connectivity index (χ3n) is 5.09. The van der Waals surface area contributed by atoms with Crippen LogP contribution in [-0.4, -0.2) is 58.4 Å². The molecule has 7 nitrogen and oxygen atoms in total. The first-order valence-corrected chi connectivity index (χ1v) is 10.2. The van der Waals surface area contributed by atoms with Gasteiger partial charge in [0.15, 0.2) is 12.1 Å². The molecule has 1 N–H and O–H groups in total. The summed E-state index contributed by atoms with van der Waals surface area (Å²) in [5, 5.41) is 9.47. The molecule has 0 aromatic heterocycles. The molecular formula is C22H28N4O3. The van der Waals surface area contributed by atoms with E-state index in [4.69, 9.17) is 9.98 Å². The Morgan fingerprint density at radius 1 is 1.14 bits per heavy atom. The molecule has 0 saturated carbocycles. The molecule has 0 radical (unpaired) electrons. The van der Waals surface area contributed by atoms with Crippen molar-refractivity contribution in [3.05, 3.63) is 41.2 Å². The molecule has 0 amide bonds. The van der Waals surface area contributed by atoms with Crippen LogP contribution in [0.4, 0.5) is 0 Å². The van der Waals surface area contributed by atoms with Gasteiger partial charge < -0.3 is 14.9 Å². The van der Waals surface area contributed by atoms with Crippen molar-refractivity contribution < 1.29 is 14.7 Å². The molecule has 2 aliphatic heterocycles. The van der Waals surface area contributed by atoms with Crippen molar-refractivity contribution in [1.29, 1.82) is 0 Å². The summed E-state index contributed by atoms with van der Waals surface area (Å²) >= 11 is 0. The number of aldehydes is 1. The maximum absolute atomic E-state index is 12.4. The topological polar surface area (TPSA) is 85.6 Å². The van der Waals surface area contributed by atoms with Gasteiger partial charge in [0, 0.05) is 19.0 Å². The number of allylic oxidation sites excluding steroid dienone is 1. The Hall–Kier alpha value is -2.96. The first kappa shape index (κ1) is 20.8. The summed E-state index contributed by atoms with van der Waals surface area (Å²) < 4.78 is 0. The van der Waals surface area contributed by atoms with Gasteiger partial charge in [-0.1, -0.05) is 32.9 Å². The molecular weight excluding hydrogens is 368 g/mol. The zero-order valence-corrected chi connectivity index (χ0v) is 17.3. The average Bonchev–Trinajstić information content (AvgIpc) is 3.15. The Kier molecular flexibility index (Phi) is 6.46. The number of aromatic hydroxyl groups is 1. The summed E-state index contributed by atoms with van der Waals surface area (Å²) in [6.45, 7) is 8.21. The summed E-state index contributed by atoms with van der Waals surface area (Å²) in [6, 6.07) is 7.10. The second kappa shape index (κ2) is 9.03. The lowest BCUT2D eigenvalue weighted by molar-refractivity contribution is -0.128. The van der Waals surface area contributed by atoms with Crippen LogP contribution >= 0.6 is 0 Å². The van der Waals surface area contributed by atoms with Crippen molar-refractivity contribution in [2.45, 2.75) is 40.0 Å². The Morgan fingerprint density at radius 2 is 1.79 bits per heavy atom. The van der Waals surface area contributed by atoms with Crippen LogP contribution in [0.1, 0.15) is 39.2 Å². The molecule has 2 aliphatic rings. The van der Waals surface area contributed by atoms with E-state index in [2.05, 4.69) is 11.8 Å². The van der Waals surface area contributed by atoms with Gasteiger partial charge in [-0.3, -0.25) is 9.59 Å². The minimum Gasteiger partial charge on any atom is -0.508 e. The van der Waals surface area contributed by atoms with Gasteiger partial charge in [-0.25, -0.2) is 9.98 Å². The number of carbonyl (C=O) groups excluding carboxylic acids is 2. The van der Waals surface area contributed by atoms with E-state index >= 15 is 0 Å². The third-order valence-corrected chi connectivity index (χ3v) is 5.09. The number of amidine groups is 2. The van der Waals surface area contributed by atoms with E-state index in [1.165, 1.54) is 0 Å². The van der Waals surface area contributed by atoms with Crippen LogP contribution in [0.3, 0.4) is 0 Å².